The van der Waals surface area contributed by atoms with Crippen LogP contribution < -0.4 is 5.73 Å². The molecule has 0 saturated heterocycles. The molecular formula is C7H9N3O2. The van der Waals surface area contributed by atoms with Gasteiger partial charge < -0.3 is 15.8 Å². The third-order valence-electron chi connectivity index (χ3n) is 1.30. The Bertz CT molecular complexity index is 233. The standard InChI is InChI=1S/C6H9N3O2.C/c7-5(6(10)11)1-4-2-8-3-9-4;/h2-3,5H,1,7H2,(H,8,9)(H,10,11);/t5-;/m0./s1. The lowest BCUT2D eigenvalue weighted by Gasteiger charge is -2.01. The number of nitrogens with zero attached hydrogens (tertiary/aromatic N) is 1. The summed E-state index contributed by atoms with van der Waals surface area (Å²) in [4.78, 5) is 16.8. The van der Waals surface area contributed by atoms with Crippen molar-refractivity contribution >= 4 is 5.97 Å². The third-order valence-corrected chi connectivity index (χ3v) is 1.30. The highest BCUT2D eigenvalue weighted by molar-refractivity contribution is 5.73. The molecule has 1 heterocycles. The molecule has 0 aliphatic carbocycles. The zero-order valence-electron chi connectivity index (χ0n) is 6.32. The number of rotatable bonds is 3. The van der Waals surface area contributed by atoms with Gasteiger partial charge in [-0.3, -0.25) is 4.79 Å². The van der Waals surface area contributed by atoms with E-state index in [-0.39, 0.29) is 13.8 Å². The first-order valence-electron chi connectivity index (χ1n) is 3.16. The predicted octanol–water partition coefficient (Wildman–Crippen LogP) is -0.555. The number of carboxylic acid groups (broad SMARTS) is 1. The molecule has 64 valence electrons. The van der Waals surface area contributed by atoms with Crippen molar-refractivity contribution in [1.82, 2.24) is 9.97 Å². The first-order valence-corrected chi connectivity index (χ1v) is 3.16. The summed E-state index contributed by atoms with van der Waals surface area (Å²) in [5, 5.41) is 8.42. The molecule has 0 amide bonds. The molecule has 0 spiro atoms. The van der Waals surface area contributed by atoms with Crippen LogP contribution in [0.25, 0.3) is 0 Å². The number of hydrogen-bond acceptors (Lipinski definition) is 3. The molecule has 0 aliphatic heterocycles. The summed E-state index contributed by atoms with van der Waals surface area (Å²) in [5.74, 6) is -1.01. The van der Waals surface area contributed by atoms with E-state index in [9.17, 15) is 4.79 Å². The van der Waals surface area contributed by atoms with Gasteiger partial charge in [-0.25, -0.2) is 4.98 Å². The highest BCUT2D eigenvalue weighted by Gasteiger charge is 2.12. The number of aromatic amines is 1. The third kappa shape index (κ3) is 2.71. The molecule has 0 unspecified atom stereocenters. The molecule has 0 bridgehead atoms. The summed E-state index contributed by atoms with van der Waals surface area (Å²) >= 11 is 0. The van der Waals surface area contributed by atoms with Crippen LogP contribution in [0.1, 0.15) is 5.69 Å². The first kappa shape index (κ1) is 10.6. The second kappa shape index (κ2) is 4.50. The quantitative estimate of drug-likeness (QED) is 0.563. The van der Waals surface area contributed by atoms with Crippen LogP contribution in [0, 0.1) is 7.43 Å². The van der Waals surface area contributed by atoms with Crippen molar-refractivity contribution in [3.8, 4) is 0 Å². The SMILES string of the molecule is N[C@@H](Cc1c[nH]cn1)C(=O)O.[C]. The Kier molecular flexibility index (Phi) is 3.99. The molecule has 0 saturated carbocycles. The Balaban J connectivity index is 0.00000121. The van der Waals surface area contributed by atoms with Crippen LogP contribution in [-0.2, 0) is 11.2 Å². The van der Waals surface area contributed by atoms with Crippen molar-refractivity contribution in [2.45, 2.75) is 12.5 Å². The number of imidazole rings is 1. The van der Waals surface area contributed by atoms with Gasteiger partial charge in [0, 0.05) is 20.0 Å². The fourth-order valence-electron chi connectivity index (χ4n) is 0.715. The van der Waals surface area contributed by atoms with Crippen LogP contribution in [0.3, 0.4) is 0 Å². The Labute approximate surface area is 70.6 Å². The second-order valence-corrected chi connectivity index (χ2v) is 2.21. The van der Waals surface area contributed by atoms with Crippen molar-refractivity contribution in [3.05, 3.63) is 25.6 Å². The van der Waals surface area contributed by atoms with Crippen LogP contribution in [-0.4, -0.2) is 27.1 Å². The van der Waals surface area contributed by atoms with Crippen molar-refractivity contribution < 1.29 is 9.90 Å². The van der Waals surface area contributed by atoms with Crippen molar-refractivity contribution in [1.29, 1.82) is 0 Å². The Hall–Kier alpha value is -1.36. The molecule has 5 nitrogen and oxygen atoms in total. The van der Waals surface area contributed by atoms with E-state index >= 15 is 0 Å². The Morgan fingerprint density at radius 3 is 2.92 bits per heavy atom. The molecule has 0 aromatic carbocycles. The van der Waals surface area contributed by atoms with Crippen LogP contribution in [0.5, 0.6) is 0 Å². The maximum Gasteiger partial charge on any atom is 0.320 e. The first-order chi connectivity index (χ1) is 5.20. The van der Waals surface area contributed by atoms with Crippen LogP contribution in [0.4, 0.5) is 0 Å². The van der Waals surface area contributed by atoms with Crippen molar-refractivity contribution in [2.75, 3.05) is 0 Å². The smallest absolute Gasteiger partial charge is 0.320 e. The van der Waals surface area contributed by atoms with E-state index in [0.29, 0.717) is 5.69 Å². The minimum atomic E-state index is -1.01. The van der Waals surface area contributed by atoms with Gasteiger partial charge in [0.15, 0.2) is 0 Å². The van der Waals surface area contributed by atoms with E-state index in [2.05, 4.69) is 9.97 Å². The summed E-state index contributed by atoms with van der Waals surface area (Å²) in [7, 11) is 0. The fraction of sp³-hybridized carbons (Fsp3) is 0.286. The molecule has 5 heteroatoms. The molecule has 1 rings (SSSR count). The molecule has 0 fully saturated rings. The maximum atomic E-state index is 10.3. The zero-order chi connectivity index (χ0) is 8.27. The average molecular weight is 167 g/mol. The predicted molar refractivity (Wildman–Crippen MR) is 41.1 cm³/mol. The molecule has 1 atom stereocenters. The largest absolute Gasteiger partial charge is 0.480 e. The number of hydrogen-bond donors (Lipinski definition) is 3. The molecule has 4 N–H and O–H groups in total. The van der Waals surface area contributed by atoms with Gasteiger partial charge in [0.2, 0.25) is 0 Å². The van der Waals surface area contributed by atoms with Gasteiger partial charge >= 0.3 is 5.97 Å². The number of nitrogens with two attached hydrogens (primary N) is 1. The summed E-state index contributed by atoms with van der Waals surface area (Å²) in [5.41, 5.74) is 5.92. The van der Waals surface area contributed by atoms with Crippen molar-refractivity contribution in [3.63, 3.8) is 0 Å². The molecule has 12 heavy (non-hydrogen) atoms. The summed E-state index contributed by atoms with van der Waals surface area (Å²) in [6.07, 6.45) is 3.38. The molecule has 1 aromatic rings. The fourth-order valence-corrected chi connectivity index (χ4v) is 0.715. The van der Waals surface area contributed by atoms with E-state index in [1.54, 1.807) is 6.20 Å². The number of aromatic nitrogens is 2. The molecule has 4 radical (unpaired) electrons. The van der Waals surface area contributed by atoms with Crippen LogP contribution in [0.15, 0.2) is 12.5 Å². The average Bonchev–Trinajstić information content (AvgIpc) is 2.39. The lowest BCUT2D eigenvalue weighted by atomic mass is 10.2. The number of carbonyl (C=O) groups is 1. The van der Waals surface area contributed by atoms with E-state index < -0.39 is 12.0 Å². The number of H-pyrrole nitrogens is 1. The lowest BCUT2D eigenvalue weighted by Crippen LogP contribution is -2.32. The summed E-state index contributed by atoms with van der Waals surface area (Å²) < 4.78 is 0. The van der Waals surface area contributed by atoms with Gasteiger partial charge in [0.05, 0.1) is 12.0 Å². The number of nitrogens with one attached hydrogen (secondary N) is 1. The lowest BCUT2D eigenvalue weighted by molar-refractivity contribution is -0.138. The number of carboxylic acids is 1. The van der Waals surface area contributed by atoms with Gasteiger partial charge in [0.1, 0.15) is 6.04 Å². The second-order valence-electron chi connectivity index (χ2n) is 2.21. The summed E-state index contributed by atoms with van der Waals surface area (Å²) in [6, 6.07) is -0.863. The normalized spacial score (nSPS) is 11.8. The van der Waals surface area contributed by atoms with Gasteiger partial charge in [0.25, 0.3) is 0 Å². The highest BCUT2D eigenvalue weighted by atomic mass is 16.4. The summed E-state index contributed by atoms with van der Waals surface area (Å²) in [6.45, 7) is 0. The van der Waals surface area contributed by atoms with E-state index in [4.69, 9.17) is 10.8 Å². The Morgan fingerprint density at radius 1 is 1.83 bits per heavy atom. The van der Waals surface area contributed by atoms with Crippen LogP contribution in [0.2, 0.25) is 0 Å². The van der Waals surface area contributed by atoms with E-state index in [0.717, 1.165) is 0 Å². The van der Waals surface area contributed by atoms with Crippen molar-refractivity contribution in [2.24, 2.45) is 5.73 Å². The molecule has 0 aliphatic rings. The van der Waals surface area contributed by atoms with E-state index in [1.165, 1.54) is 6.33 Å². The Morgan fingerprint density at radius 2 is 2.50 bits per heavy atom. The number of aliphatic carboxylic acids is 1. The van der Waals surface area contributed by atoms with Crippen LogP contribution >= 0.6 is 0 Å². The minimum absolute atomic E-state index is 0. The zero-order valence-corrected chi connectivity index (χ0v) is 6.32. The monoisotopic (exact) mass is 167 g/mol. The van der Waals surface area contributed by atoms with Gasteiger partial charge in [-0.2, -0.15) is 0 Å². The molecule has 1 aromatic heterocycles. The van der Waals surface area contributed by atoms with E-state index in [1.807, 2.05) is 0 Å². The topological polar surface area (TPSA) is 92.0 Å². The minimum Gasteiger partial charge on any atom is -0.480 e. The van der Waals surface area contributed by atoms with Gasteiger partial charge in [-0.1, -0.05) is 0 Å². The molecular weight excluding hydrogens is 158 g/mol. The maximum absolute atomic E-state index is 10.3. The van der Waals surface area contributed by atoms with Gasteiger partial charge in [-0.05, 0) is 0 Å². The highest BCUT2D eigenvalue weighted by Crippen LogP contribution is 1.95. The van der Waals surface area contributed by atoms with Gasteiger partial charge in [-0.15, -0.1) is 0 Å².